The fourth-order valence-corrected chi connectivity index (χ4v) is 3.16. The van der Waals surface area contributed by atoms with Gasteiger partial charge in [0, 0.05) is 11.8 Å². The predicted molar refractivity (Wildman–Crippen MR) is 119 cm³/mol. The van der Waals surface area contributed by atoms with Crippen molar-refractivity contribution in [1.29, 1.82) is 0 Å². The van der Waals surface area contributed by atoms with E-state index in [1.165, 1.54) is 6.20 Å². The van der Waals surface area contributed by atoms with Crippen LogP contribution in [0.5, 0.6) is 5.75 Å². The standard InChI is InChI=1S/C24H21N5O3/c1-17-20(15-26-29(17)22-13-7-8-14-25-22)24(31)28-27-23(30)16-32-21-12-6-5-11-19(21)18-9-3-2-4-10-18/h2-15H,16H2,1H3,(H,27,30)(H,28,31). The molecule has 4 rings (SSSR count). The summed E-state index contributed by atoms with van der Waals surface area (Å²) in [6, 6.07) is 22.6. The Morgan fingerprint density at radius 1 is 0.938 bits per heavy atom. The number of pyridine rings is 1. The van der Waals surface area contributed by atoms with Gasteiger partial charge in [-0.1, -0.05) is 54.6 Å². The lowest BCUT2D eigenvalue weighted by atomic mass is 10.1. The third-order valence-corrected chi connectivity index (χ3v) is 4.77. The number of benzene rings is 2. The predicted octanol–water partition coefficient (Wildman–Crippen LogP) is 3.08. The minimum atomic E-state index is -0.490. The second kappa shape index (κ2) is 9.57. The number of carbonyl (C=O) groups excluding carboxylic acids is 2. The molecule has 8 heteroatoms. The Kier molecular flexibility index (Phi) is 6.22. The summed E-state index contributed by atoms with van der Waals surface area (Å²) in [6.45, 7) is 1.50. The molecule has 0 radical (unpaired) electrons. The molecular weight excluding hydrogens is 406 g/mol. The molecular formula is C24H21N5O3. The van der Waals surface area contributed by atoms with Crippen LogP contribution in [0.3, 0.4) is 0 Å². The highest BCUT2D eigenvalue weighted by Gasteiger charge is 2.16. The van der Waals surface area contributed by atoms with Gasteiger partial charge in [0.15, 0.2) is 12.4 Å². The molecule has 32 heavy (non-hydrogen) atoms. The number of carbonyl (C=O) groups is 2. The molecule has 2 heterocycles. The van der Waals surface area contributed by atoms with Crippen LogP contribution in [0, 0.1) is 6.92 Å². The quantitative estimate of drug-likeness (QED) is 0.461. The molecule has 2 N–H and O–H groups in total. The molecule has 0 spiro atoms. The van der Waals surface area contributed by atoms with Crippen molar-refractivity contribution in [2.45, 2.75) is 6.92 Å². The average molecular weight is 427 g/mol. The first kappa shape index (κ1) is 20.8. The van der Waals surface area contributed by atoms with Gasteiger partial charge in [-0.3, -0.25) is 20.4 Å². The van der Waals surface area contributed by atoms with Gasteiger partial charge in [0.25, 0.3) is 11.8 Å². The van der Waals surface area contributed by atoms with E-state index in [1.54, 1.807) is 36.0 Å². The summed E-state index contributed by atoms with van der Waals surface area (Å²) < 4.78 is 7.24. The Bertz CT molecular complexity index is 1220. The highest BCUT2D eigenvalue weighted by Crippen LogP contribution is 2.29. The Balaban J connectivity index is 1.35. The first-order valence-corrected chi connectivity index (χ1v) is 9.96. The zero-order valence-electron chi connectivity index (χ0n) is 17.4. The molecule has 0 aliphatic carbocycles. The molecule has 8 nitrogen and oxygen atoms in total. The summed E-state index contributed by atoms with van der Waals surface area (Å²) in [4.78, 5) is 28.9. The van der Waals surface area contributed by atoms with Crippen LogP contribution in [0.2, 0.25) is 0 Å². The van der Waals surface area contributed by atoms with Gasteiger partial charge in [0.2, 0.25) is 0 Å². The molecule has 0 saturated heterocycles. The zero-order valence-corrected chi connectivity index (χ0v) is 17.4. The Morgan fingerprint density at radius 2 is 1.69 bits per heavy atom. The van der Waals surface area contributed by atoms with E-state index < -0.39 is 11.8 Å². The third kappa shape index (κ3) is 4.65. The number of hydrogen-bond donors (Lipinski definition) is 2. The molecule has 4 aromatic rings. The van der Waals surface area contributed by atoms with Gasteiger partial charge < -0.3 is 4.74 Å². The molecule has 0 unspecified atom stereocenters. The van der Waals surface area contributed by atoms with Crippen molar-refractivity contribution in [3.8, 4) is 22.7 Å². The normalized spacial score (nSPS) is 10.4. The summed E-state index contributed by atoms with van der Waals surface area (Å²) in [7, 11) is 0. The van der Waals surface area contributed by atoms with Crippen LogP contribution in [-0.4, -0.2) is 33.2 Å². The number of para-hydroxylation sites is 1. The van der Waals surface area contributed by atoms with E-state index in [0.29, 0.717) is 22.8 Å². The van der Waals surface area contributed by atoms with Gasteiger partial charge in [-0.05, 0) is 30.7 Å². The first-order chi connectivity index (χ1) is 15.6. The maximum Gasteiger partial charge on any atom is 0.276 e. The van der Waals surface area contributed by atoms with Crippen molar-refractivity contribution in [2.75, 3.05) is 6.61 Å². The van der Waals surface area contributed by atoms with E-state index in [2.05, 4.69) is 20.9 Å². The molecule has 160 valence electrons. The fourth-order valence-electron chi connectivity index (χ4n) is 3.16. The van der Waals surface area contributed by atoms with Crippen molar-refractivity contribution >= 4 is 11.8 Å². The Hall–Kier alpha value is -4.46. The molecule has 0 saturated carbocycles. The molecule has 2 aromatic carbocycles. The van der Waals surface area contributed by atoms with Crippen LogP contribution in [-0.2, 0) is 4.79 Å². The lowest BCUT2D eigenvalue weighted by Crippen LogP contribution is -2.44. The third-order valence-electron chi connectivity index (χ3n) is 4.77. The van der Waals surface area contributed by atoms with E-state index in [4.69, 9.17) is 4.74 Å². The van der Waals surface area contributed by atoms with Gasteiger partial charge in [-0.25, -0.2) is 9.67 Å². The van der Waals surface area contributed by atoms with Crippen LogP contribution in [0.15, 0.2) is 85.2 Å². The maximum atomic E-state index is 12.5. The molecule has 0 aliphatic heterocycles. The summed E-state index contributed by atoms with van der Waals surface area (Å²) in [5, 5.41) is 4.20. The zero-order chi connectivity index (χ0) is 22.3. The van der Waals surface area contributed by atoms with Crippen molar-refractivity contribution < 1.29 is 14.3 Å². The topological polar surface area (TPSA) is 98.1 Å². The minimum absolute atomic E-state index is 0.254. The monoisotopic (exact) mass is 427 g/mol. The number of hydrazine groups is 1. The second-order valence-corrected chi connectivity index (χ2v) is 6.90. The summed E-state index contributed by atoms with van der Waals surface area (Å²) in [6.07, 6.45) is 3.07. The van der Waals surface area contributed by atoms with Crippen LogP contribution >= 0.6 is 0 Å². The van der Waals surface area contributed by atoms with Gasteiger partial charge in [0.1, 0.15) is 5.75 Å². The lowest BCUT2D eigenvalue weighted by molar-refractivity contribution is -0.123. The number of ether oxygens (including phenoxy) is 1. The van der Waals surface area contributed by atoms with Crippen LogP contribution in [0.1, 0.15) is 16.1 Å². The largest absolute Gasteiger partial charge is 0.483 e. The van der Waals surface area contributed by atoms with Crippen molar-refractivity contribution in [3.05, 3.63) is 96.4 Å². The lowest BCUT2D eigenvalue weighted by Gasteiger charge is -2.12. The van der Waals surface area contributed by atoms with Crippen molar-refractivity contribution in [1.82, 2.24) is 25.6 Å². The van der Waals surface area contributed by atoms with Gasteiger partial charge in [-0.15, -0.1) is 0 Å². The number of rotatable bonds is 6. The average Bonchev–Trinajstić information content (AvgIpc) is 3.23. The molecule has 0 fully saturated rings. The fraction of sp³-hybridized carbons (Fsp3) is 0.0833. The van der Waals surface area contributed by atoms with Crippen LogP contribution < -0.4 is 15.6 Å². The smallest absolute Gasteiger partial charge is 0.276 e. The highest BCUT2D eigenvalue weighted by atomic mass is 16.5. The second-order valence-electron chi connectivity index (χ2n) is 6.90. The summed E-state index contributed by atoms with van der Waals surface area (Å²) >= 11 is 0. The summed E-state index contributed by atoms with van der Waals surface area (Å²) in [5.41, 5.74) is 7.55. The van der Waals surface area contributed by atoms with Gasteiger partial charge >= 0.3 is 0 Å². The van der Waals surface area contributed by atoms with E-state index >= 15 is 0 Å². The number of aromatic nitrogens is 3. The summed E-state index contributed by atoms with van der Waals surface area (Å²) in [5.74, 6) is 0.199. The number of nitrogens with one attached hydrogen (secondary N) is 2. The van der Waals surface area contributed by atoms with Crippen LogP contribution in [0.4, 0.5) is 0 Å². The molecule has 0 bridgehead atoms. The van der Waals surface area contributed by atoms with E-state index in [0.717, 1.165) is 11.1 Å². The highest BCUT2D eigenvalue weighted by molar-refractivity contribution is 5.96. The van der Waals surface area contributed by atoms with E-state index in [-0.39, 0.29) is 6.61 Å². The Morgan fingerprint density at radius 3 is 2.47 bits per heavy atom. The number of amides is 2. The van der Waals surface area contributed by atoms with Crippen molar-refractivity contribution in [3.63, 3.8) is 0 Å². The van der Waals surface area contributed by atoms with Gasteiger partial charge in [0.05, 0.1) is 17.5 Å². The van der Waals surface area contributed by atoms with Crippen molar-refractivity contribution in [2.24, 2.45) is 0 Å². The molecule has 2 amide bonds. The molecule has 0 aliphatic rings. The van der Waals surface area contributed by atoms with E-state index in [9.17, 15) is 9.59 Å². The number of hydrogen-bond acceptors (Lipinski definition) is 5. The maximum absolute atomic E-state index is 12.5. The van der Waals surface area contributed by atoms with Gasteiger partial charge in [-0.2, -0.15) is 5.10 Å². The van der Waals surface area contributed by atoms with E-state index in [1.807, 2.05) is 54.6 Å². The SMILES string of the molecule is Cc1c(C(=O)NNC(=O)COc2ccccc2-c2ccccc2)cnn1-c1ccccn1. The molecule has 2 aromatic heterocycles. The Labute approximate surface area is 184 Å². The first-order valence-electron chi connectivity index (χ1n) is 9.96. The number of nitrogens with zero attached hydrogens (tertiary/aromatic N) is 3. The van der Waals surface area contributed by atoms with Crippen LogP contribution in [0.25, 0.3) is 16.9 Å². The minimum Gasteiger partial charge on any atom is -0.483 e. The molecule has 0 atom stereocenters.